The molecular formula is C17H11Cl2IO. The number of benzene rings is 3. The summed E-state index contributed by atoms with van der Waals surface area (Å²) in [5, 5.41) is 2.99. The Bertz CT molecular complexity index is 785. The van der Waals surface area contributed by atoms with Gasteiger partial charge < -0.3 is 4.74 Å². The molecule has 0 aliphatic carbocycles. The van der Waals surface area contributed by atoms with Crippen LogP contribution in [-0.2, 0) is 6.61 Å². The van der Waals surface area contributed by atoms with E-state index in [1.807, 2.05) is 24.3 Å². The molecule has 0 aliphatic rings. The van der Waals surface area contributed by atoms with Gasteiger partial charge in [0.2, 0.25) is 0 Å². The maximum atomic E-state index is 6.24. The van der Waals surface area contributed by atoms with Gasteiger partial charge in [-0.1, -0.05) is 47.5 Å². The molecule has 0 spiro atoms. The predicted octanol–water partition coefficient (Wildman–Crippen LogP) is 6.33. The highest BCUT2D eigenvalue weighted by molar-refractivity contribution is 14.1. The number of ether oxygens (including phenoxy) is 1. The minimum absolute atomic E-state index is 0.524. The molecule has 106 valence electrons. The molecule has 4 heteroatoms. The molecule has 0 bridgehead atoms. The van der Waals surface area contributed by atoms with Crippen molar-refractivity contribution in [2.24, 2.45) is 0 Å². The summed E-state index contributed by atoms with van der Waals surface area (Å²) < 4.78 is 7.15. The van der Waals surface area contributed by atoms with Crippen LogP contribution in [0.5, 0.6) is 5.75 Å². The SMILES string of the molecule is Clc1ccc2c(OCc3ccc(I)cc3)cccc2c1Cl. The topological polar surface area (TPSA) is 9.23 Å². The summed E-state index contributed by atoms with van der Waals surface area (Å²) in [5.41, 5.74) is 1.13. The first-order chi connectivity index (χ1) is 10.1. The van der Waals surface area contributed by atoms with Crippen molar-refractivity contribution in [3.05, 3.63) is 73.8 Å². The fourth-order valence-corrected chi connectivity index (χ4v) is 2.89. The van der Waals surface area contributed by atoms with E-state index in [-0.39, 0.29) is 0 Å². The molecule has 0 aliphatic heterocycles. The highest BCUT2D eigenvalue weighted by atomic mass is 127. The Morgan fingerprint density at radius 2 is 1.62 bits per heavy atom. The third kappa shape index (κ3) is 3.28. The van der Waals surface area contributed by atoms with E-state index < -0.39 is 0 Å². The van der Waals surface area contributed by atoms with Crippen LogP contribution in [0.25, 0.3) is 10.8 Å². The predicted molar refractivity (Wildman–Crippen MR) is 97.5 cm³/mol. The molecule has 0 amide bonds. The minimum atomic E-state index is 0.524. The van der Waals surface area contributed by atoms with Gasteiger partial charge in [0.15, 0.2) is 0 Å². The van der Waals surface area contributed by atoms with Crippen molar-refractivity contribution in [1.29, 1.82) is 0 Å². The van der Waals surface area contributed by atoms with E-state index in [0.717, 1.165) is 22.1 Å². The van der Waals surface area contributed by atoms with Gasteiger partial charge >= 0.3 is 0 Å². The lowest BCUT2D eigenvalue weighted by molar-refractivity contribution is 0.310. The molecule has 0 saturated carbocycles. The third-order valence-electron chi connectivity index (χ3n) is 3.22. The lowest BCUT2D eigenvalue weighted by Crippen LogP contribution is -1.96. The summed E-state index contributed by atoms with van der Waals surface area (Å²) in [5.74, 6) is 0.810. The van der Waals surface area contributed by atoms with Crippen LogP contribution in [0.1, 0.15) is 5.56 Å². The second-order valence-corrected chi connectivity index (χ2v) is 6.66. The maximum absolute atomic E-state index is 6.24. The van der Waals surface area contributed by atoms with Crippen LogP contribution in [0.4, 0.5) is 0 Å². The molecule has 0 atom stereocenters. The zero-order valence-electron chi connectivity index (χ0n) is 10.9. The van der Waals surface area contributed by atoms with Crippen molar-refractivity contribution in [2.75, 3.05) is 0 Å². The molecule has 1 nitrogen and oxygen atoms in total. The van der Waals surface area contributed by atoms with Gasteiger partial charge in [0, 0.05) is 14.3 Å². The van der Waals surface area contributed by atoms with Crippen molar-refractivity contribution in [2.45, 2.75) is 6.61 Å². The molecule has 0 aromatic heterocycles. The van der Waals surface area contributed by atoms with Crippen LogP contribution >= 0.6 is 45.8 Å². The fourth-order valence-electron chi connectivity index (χ4n) is 2.13. The average Bonchev–Trinajstić information content (AvgIpc) is 2.50. The lowest BCUT2D eigenvalue weighted by Gasteiger charge is -2.11. The summed E-state index contributed by atoms with van der Waals surface area (Å²) in [6.07, 6.45) is 0. The summed E-state index contributed by atoms with van der Waals surface area (Å²) in [6.45, 7) is 0.524. The Kier molecular flexibility index (Phi) is 4.57. The van der Waals surface area contributed by atoms with Crippen molar-refractivity contribution >= 4 is 56.6 Å². The Labute approximate surface area is 147 Å². The lowest BCUT2D eigenvalue weighted by atomic mass is 10.1. The van der Waals surface area contributed by atoms with Crippen LogP contribution in [0.3, 0.4) is 0 Å². The van der Waals surface area contributed by atoms with E-state index in [2.05, 4.69) is 46.9 Å². The maximum Gasteiger partial charge on any atom is 0.127 e. The van der Waals surface area contributed by atoms with Crippen molar-refractivity contribution in [1.82, 2.24) is 0 Å². The third-order valence-corrected chi connectivity index (χ3v) is 4.75. The van der Waals surface area contributed by atoms with Crippen molar-refractivity contribution < 1.29 is 4.74 Å². The Morgan fingerprint density at radius 3 is 2.38 bits per heavy atom. The monoisotopic (exact) mass is 428 g/mol. The number of fused-ring (bicyclic) bond motifs is 1. The summed E-state index contributed by atoms with van der Waals surface area (Å²) in [4.78, 5) is 0. The normalized spacial score (nSPS) is 10.8. The molecule has 3 aromatic carbocycles. The molecule has 0 unspecified atom stereocenters. The van der Waals surface area contributed by atoms with Gasteiger partial charge in [-0.05, 0) is 58.5 Å². The van der Waals surface area contributed by atoms with E-state index in [9.17, 15) is 0 Å². The average molecular weight is 429 g/mol. The van der Waals surface area contributed by atoms with Gasteiger partial charge in [-0.15, -0.1) is 0 Å². The first-order valence-corrected chi connectivity index (χ1v) is 8.22. The van der Waals surface area contributed by atoms with Crippen LogP contribution < -0.4 is 4.74 Å². The zero-order valence-corrected chi connectivity index (χ0v) is 14.6. The summed E-state index contributed by atoms with van der Waals surface area (Å²) in [7, 11) is 0. The van der Waals surface area contributed by atoms with Crippen LogP contribution in [-0.4, -0.2) is 0 Å². The largest absolute Gasteiger partial charge is 0.488 e. The highest BCUT2D eigenvalue weighted by Crippen LogP contribution is 2.35. The van der Waals surface area contributed by atoms with Crippen LogP contribution in [0.15, 0.2) is 54.6 Å². The van der Waals surface area contributed by atoms with Gasteiger partial charge in [-0.3, -0.25) is 0 Å². The van der Waals surface area contributed by atoms with Gasteiger partial charge in [-0.25, -0.2) is 0 Å². The zero-order chi connectivity index (χ0) is 14.8. The smallest absolute Gasteiger partial charge is 0.127 e. The Balaban J connectivity index is 1.90. The van der Waals surface area contributed by atoms with E-state index >= 15 is 0 Å². The Hall–Kier alpha value is -0.970. The molecule has 0 N–H and O–H groups in total. The van der Waals surface area contributed by atoms with E-state index in [0.29, 0.717) is 16.7 Å². The molecule has 3 aromatic rings. The number of hydrogen-bond acceptors (Lipinski definition) is 1. The highest BCUT2D eigenvalue weighted by Gasteiger charge is 2.08. The summed E-state index contributed by atoms with van der Waals surface area (Å²) >= 11 is 14.6. The Morgan fingerprint density at radius 1 is 0.857 bits per heavy atom. The quantitative estimate of drug-likeness (QED) is 0.443. The second kappa shape index (κ2) is 6.42. The second-order valence-electron chi connectivity index (χ2n) is 4.63. The van der Waals surface area contributed by atoms with Crippen LogP contribution in [0, 0.1) is 3.57 Å². The first kappa shape index (κ1) is 14.9. The molecule has 0 fully saturated rings. The van der Waals surface area contributed by atoms with E-state index in [1.54, 1.807) is 6.07 Å². The minimum Gasteiger partial charge on any atom is -0.488 e. The van der Waals surface area contributed by atoms with Gasteiger partial charge in [0.25, 0.3) is 0 Å². The van der Waals surface area contributed by atoms with Gasteiger partial charge in [-0.2, -0.15) is 0 Å². The van der Waals surface area contributed by atoms with Crippen molar-refractivity contribution in [3.63, 3.8) is 0 Å². The fraction of sp³-hybridized carbons (Fsp3) is 0.0588. The molecule has 0 saturated heterocycles. The molecule has 3 rings (SSSR count). The van der Waals surface area contributed by atoms with E-state index in [1.165, 1.54) is 3.57 Å². The number of hydrogen-bond donors (Lipinski definition) is 0. The number of rotatable bonds is 3. The molecule has 0 radical (unpaired) electrons. The number of halogens is 3. The van der Waals surface area contributed by atoms with Crippen LogP contribution in [0.2, 0.25) is 10.0 Å². The van der Waals surface area contributed by atoms with Crippen molar-refractivity contribution in [3.8, 4) is 5.75 Å². The van der Waals surface area contributed by atoms with Gasteiger partial charge in [0.1, 0.15) is 12.4 Å². The van der Waals surface area contributed by atoms with Gasteiger partial charge in [0.05, 0.1) is 10.0 Å². The van der Waals surface area contributed by atoms with E-state index in [4.69, 9.17) is 27.9 Å². The summed E-state index contributed by atoms with van der Waals surface area (Å²) in [6, 6.07) is 17.8. The molecular weight excluding hydrogens is 418 g/mol. The first-order valence-electron chi connectivity index (χ1n) is 6.39. The molecule has 0 heterocycles. The standard InChI is InChI=1S/C17H11Cl2IO/c18-15-9-8-13-14(17(15)19)2-1-3-16(13)21-10-11-4-6-12(20)7-5-11/h1-9H,10H2. The molecule has 21 heavy (non-hydrogen) atoms.